The van der Waals surface area contributed by atoms with Crippen LogP contribution in [0.25, 0.3) is 0 Å². The highest BCUT2D eigenvalue weighted by molar-refractivity contribution is 8.15. The van der Waals surface area contributed by atoms with Gasteiger partial charge < -0.3 is 4.72 Å². The largest absolute Gasteiger partial charge is 0.339 e. The maximum atomic E-state index is 3.78. The lowest BCUT2D eigenvalue weighted by Gasteiger charge is -2.01. The molecule has 0 amide bonds. The number of rotatable bonds is 0. The Hall–Kier alpha value is -0.500. The summed E-state index contributed by atoms with van der Waals surface area (Å²) >= 11 is 0. The zero-order chi connectivity index (χ0) is 5.11. The van der Waals surface area contributed by atoms with Gasteiger partial charge in [0, 0.05) is 6.20 Å². The summed E-state index contributed by atoms with van der Waals surface area (Å²) in [4.78, 5) is 0. The van der Waals surface area contributed by atoms with Crippen LogP contribution in [0.4, 0.5) is 0 Å². The zero-order valence-corrected chi connectivity index (χ0v) is 4.74. The second-order valence-electron chi connectivity index (χ2n) is 1.23. The van der Waals surface area contributed by atoms with Crippen LogP contribution in [0.5, 0.6) is 0 Å². The Morgan fingerprint density at radius 1 is 1.43 bits per heavy atom. The molecule has 0 spiro atoms. The number of hydrogen-bond donors (Lipinski definition) is 1. The molecule has 1 atom stereocenters. The van der Waals surface area contributed by atoms with Crippen LogP contribution in [0.15, 0.2) is 23.8 Å². The molecule has 1 nitrogen and oxygen atoms in total. The predicted molar refractivity (Wildman–Crippen MR) is 36.1 cm³/mol. The van der Waals surface area contributed by atoms with Gasteiger partial charge >= 0.3 is 0 Å². The van der Waals surface area contributed by atoms with Gasteiger partial charge in [-0.25, -0.2) is 0 Å². The van der Waals surface area contributed by atoms with Crippen molar-refractivity contribution in [3.8, 4) is 0 Å². The monoisotopic (exact) mass is 113 g/mol. The van der Waals surface area contributed by atoms with E-state index >= 15 is 0 Å². The number of hydrogen-bond acceptors (Lipinski definition) is 1. The van der Waals surface area contributed by atoms with Gasteiger partial charge in [-0.15, -0.1) is 0 Å². The summed E-state index contributed by atoms with van der Waals surface area (Å²) in [5.74, 6) is 3.78. The molecular weight excluding hydrogens is 106 g/mol. The summed E-state index contributed by atoms with van der Waals surface area (Å²) in [5, 5.41) is 2.03. The molecule has 1 unspecified atom stereocenters. The molecule has 0 bridgehead atoms. The molecule has 0 radical (unpaired) electrons. The van der Waals surface area contributed by atoms with E-state index in [0.29, 0.717) is 0 Å². The van der Waals surface area contributed by atoms with E-state index in [0.717, 1.165) is 0 Å². The topological polar surface area (TPSA) is 12.0 Å². The molecule has 1 aliphatic rings. The minimum atomic E-state index is 0.0424. The summed E-state index contributed by atoms with van der Waals surface area (Å²) in [7, 11) is 0.0424. The van der Waals surface area contributed by atoms with Crippen LogP contribution in [0.3, 0.4) is 0 Å². The molecule has 7 heavy (non-hydrogen) atoms. The van der Waals surface area contributed by atoms with E-state index in [1.165, 1.54) is 0 Å². The van der Waals surface area contributed by atoms with Crippen LogP contribution in [0.1, 0.15) is 0 Å². The van der Waals surface area contributed by atoms with Gasteiger partial charge in [0.2, 0.25) is 0 Å². The Morgan fingerprint density at radius 3 is 2.57 bits per heavy atom. The van der Waals surface area contributed by atoms with Crippen LogP contribution >= 0.6 is 10.7 Å². The predicted octanol–water partition coefficient (Wildman–Crippen LogP) is 1.23. The van der Waals surface area contributed by atoms with Crippen molar-refractivity contribution in [1.82, 2.24) is 4.72 Å². The van der Waals surface area contributed by atoms with Crippen molar-refractivity contribution in [1.29, 1.82) is 0 Å². The molecule has 0 saturated heterocycles. The summed E-state index contributed by atoms with van der Waals surface area (Å²) < 4.78 is 3.03. The molecule has 0 aromatic rings. The molecule has 38 valence electrons. The van der Waals surface area contributed by atoms with Gasteiger partial charge in [0.05, 0.1) is 0 Å². The molecule has 0 aromatic carbocycles. The lowest BCUT2D eigenvalue weighted by Crippen LogP contribution is -1.92. The van der Waals surface area contributed by atoms with Gasteiger partial charge in [-0.3, -0.25) is 0 Å². The van der Waals surface area contributed by atoms with E-state index in [1.54, 1.807) is 0 Å². The molecule has 2 heteroatoms. The maximum Gasteiger partial charge on any atom is 0.00704 e. The highest BCUT2D eigenvalue weighted by Crippen LogP contribution is 2.07. The van der Waals surface area contributed by atoms with Gasteiger partial charge in [-0.1, -0.05) is 22.6 Å². The summed E-state index contributed by atoms with van der Waals surface area (Å²) in [6.45, 7) is 0. The van der Waals surface area contributed by atoms with Gasteiger partial charge in [-0.2, -0.15) is 0 Å². The van der Waals surface area contributed by atoms with Gasteiger partial charge in [-0.05, 0) is 11.5 Å². The average molecular weight is 113 g/mol. The lowest BCUT2D eigenvalue weighted by atomic mass is 10.6. The Kier molecular flexibility index (Phi) is 1.32. The first-order valence-corrected chi connectivity index (χ1v) is 3.47. The lowest BCUT2D eigenvalue weighted by molar-refractivity contribution is 1.41. The molecule has 0 saturated carbocycles. The van der Waals surface area contributed by atoms with Crippen LogP contribution in [-0.4, -0.2) is 5.87 Å². The average Bonchev–Trinajstić information content (AvgIpc) is 1.69. The minimum Gasteiger partial charge on any atom is -0.339 e. The third-order valence-electron chi connectivity index (χ3n) is 0.670. The van der Waals surface area contributed by atoms with Gasteiger partial charge in [0.15, 0.2) is 0 Å². The van der Waals surface area contributed by atoms with Crippen molar-refractivity contribution in [2.75, 3.05) is 0 Å². The molecule has 0 fully saturated rings. The third-order valence-corrected chi connectivity index (χ3v) is 1.59. The van der Waals surface area contributed by atoms with E-state index in [9.17, 15) is 0 Å². The first-order valence-electron chi connectivity index (χ1n) is 2.02. The van der Waals surface area contributed by atoms with Crippen molar-refractivity contribution < 1.29 is 0 Å². The SMILES string of the molecule is C=S1C=CC=CN1. The molecule has 0 aromatic heterocycles. The third kappa shape index (κ3) is 1.20. The van der Waals surface area contributed by atoms with Crippen molar-refractivity contribution in [2.24, 2.45) is 0 Å². The molecule has 1 rings (SSSR count). The summed E-state index contributed by atoms with van der Waals surface area (Å²) in [5.41, 5.74) is 0. The van der Waals surface area contributed by atoms with Gasteiger partial charge in [0.25, 0.3) is 0 Å². The normalized spacial score (nSPS) is 27.1. The van der Waals surface area contributed by atoms with Crippen LogP contribution in [0.2, 0.25) is 0 Å². The Bertz CT molecular complexity index is 135. The van der Waals surface area contributed by atoms with Crippen molar-refractivity contribution in [2.45, 2.75) is 0 Å². The van der Waals surface area contributed by atoms with Crippen LogP contribution in [-0.2, 0) is 0 Å². The minimum absolute atomic E-state index is 0.0424. The first kappa shape index (κ1) is 4.65. The van der Waals surface area contributed by atoms with E-state index < -0.39 is 0 Å². The fourth-order valence-electron chi connectivity index (χ4n) is 0.362. The fourth-order valence-corrected chi connectivity index (χ4v) is 0.974. The Labute approximate surface area is 45.8 Å². The van der Waals surface area contributed by atoms with Gasteiger partial charge in [0.1, 0.15) is 0 Å². The second kappa shape index (κ2) is 1.98. The zero-order valence-electron chi connectivity index (χ0n) is 3.92. The van der Waals surface area contributed by atoms with E-state index in [2.05, 4.69) is 10.6 Å². The molecule has 0 aliphatic carbocycles. The van der Waals surface area contributed by atoms with Crippen LogP contribution < -0.4 is 4.72 Å². The van der Waals surface area contributed by atoms with Crippen molar-refractivity contribution in [3.05, 3.63) is 23.8 Å². The molecule has 1 heterocycles. The fraction of sp³-hybridized carbons (Fsp3) is 0. The van der Waals surface area contributed by atoms with Crippen molar-refractivity contribution >= 4 is 16.5 Å². The molecule has 1 aliphatic heterocycles. The standard InChI is InChI=1S/C5H7NS/c1-7-5-3-2-4-6-7/h2-6H,1H2. The van der Waals surface area contributed by atoms with E-state index in [-0.39, 0.29) is 10.7 Å². The van der Waals surface area contributed by atoms with Crippen LogP contribution in [0, 0.1) is 0 Å². The van der Waals surface area contributed by atoms with E-state index in [1.807, 2.05) is 23.8 Å². The summed E-state index contributed by atoms with van der Waals surface area (Å²) in [6.07, 6.45) is 5.84. The smallest absolute Gasteiger partial charge is 0.00704 e. The first-order chi connectivity index (χ1) is 3.39. The highest BCUT2D eigenvalue weighted by atomic mass is 32.2. The number of nitrogens with one attached hydrogen (secondary N) is 1. The Morgan fingerprint density at radius 2 is 2.29 bits per heavy atom. The maximum absolute atomic E-state index is 3.78. The van der Waals surface area contributed by atoms with Crippen molar-refractivity contribution in [3.63, 3.8) is 0 Å². The highest BCUT2D eigenvalue weighted by Gasteiger charge is 1.79. The van der Waals surface area contributed by atoms with E-state index in [4.69, 9.17) is 0 Å². The summed E-state index contributed by atoms with van der Waals surface area (Å²) in [6, 6.07) is 0. The quantitative estimate of drug-likeness (QED) is 0.466. The Balaban J connectivity index is 2.66. The second-order valence-corrected chi connectivity index (χ2v) is 2.60. The number of allylic oxidation sites excluding steroid dienone is 2. The molecule has 1 N–H and O–H groups in total. The molecular formula is C5H7NS.